The number of halogens is 1. The molecule has 1 N–H and O–H groups in total. The fourth-order valence-corrected chi connectivity index (χ4v) is 2.79. The van der Waals surface area contributed by atoms with Crippen molar-refractivity contribution < 1.29 is 14.5 Å². The van der Waals surface area contributed by atoms with Gasteiger partial charge in [0.25, 0.3) is 0 Å². The van der Waals surface area contributed by atoms with E-state index in [2.05, 4.69) is 26.2 Å². The first-order valence-corrected chi connectivity index (χ1v) is 8.78. The Morgan fingerprint density at radius 3 is 2.88 bits per heavy atom. The lowest BCUT2D eigenvalue weighted by Gasteiger charge is -2.31. The van der Waals surface area contributed by atoms with E-state index >= 15 is 0 Å². The first-order chi connectivity index (χ1) is 11.5. The van der Waals surface area contributed by atoms with Gasteiger partial charge in [0, 0.05) is 35.9 Å². The number of nitrogens with zero attached hydrogens (tertiary/aromatic N) is 3. The van der Waals surface area contributed by atoms with Gasteiger partial charge in [0.1, 0.15) is 0 Å². The van der Waals surface area contributed by atoms with Crippen molar-refractivity contribution in [1.29, 1.82) is 0 Å². The number of unbranched alkanes of at least 4 members (excludes halogenated alkanes) is 1. The molecule has 1 fully saturated rings. The molecule has 0 aliphatic carbocycles. The van der Waals surface area contributed by atoms with Crippen molar-refractivity contribution in [2.75, 3.05) is 25.0 Å². The van der Waals surface area contributed by atoms with Crippen LogP contribution in [0.4, 0.5) is 16.3 Å². The van der Waals surface area contributed by atoms with Crippen LogP contribution in [-0.4, -0.2) is 46.6 Å². The number of pyridine rings is 1. The summed E-state index contributed by atoms with van der Waals surface area (Å²) in [6.07, 6.45) is 4.47. The summed E-state index contributed by atoms with van der Waals surface area (Å²) in [5.41, 5.74) is -0.0641. The predicted molar refractivity (Wildman–Crippen MR) is 93.1 cm³/mol. The Kier molecular flexibility index (Phi) is 6.77. The molecule has 0 spiro atoms. The topological polar surface area (TPSA) is 97.6 Å². The molecule has 1 aromatic heterocycles. The molecule has 2 heterocycles. The molecule has 0 radical (unpaired) electrons. The summed E-state index contributed by atoms with van der Waals surface area (Å²) in [6.45, 7) is 3.61. The first kappa shape index (κ1) is 18.4. The second-order valence-electron chi connectivity index (χ2n) is 5.65. The van der Waals surface area contributed by atoms with E-state index in [1.165, 1.54) is 12.3 Å². The van der Waals surface area contributed by atoms with Crippen LogP contribution in [0, 0.1) is 10.1 Å². The number of aromatic nitrogens is 1. The maximum absolute atomic E-state index is 11.9. The van der Waals surface area contributed by atoms with Crippen LogP contribution in [-0.2, 0) is 4.74 Å². The Morgan fingerprint density at radius 1 is 1.54 bits per heavy atom. The molecule has 132 valence electrons. The molecule has 0 unspecified atom stereocenters. The summed E-state index contributed by atoms with van der Waals surface area (Å²) in [7, 11) is 0. The van der Waals surface area contributed by atoms with Gasteiger partial charge in [0.2, 0.25) is 5.82 Å². The number of hydrogen-bond acceptors (Lipinski definition) is 6. The standard InChI is InChI=1S/C15H21BrN4O4/c1-2-3-8-24-15(21)19-6-4-12(5-7-19)18-14-13(20(22)23)9-11(16)10-17-14/h9-10,12H,2-8H2,1H3,(H,17,18). The van der Waals surface area contributed by atoms with Gasteiger partial charge in [-0.05, 0) is 35.2 Å². The number of likely N-dealkylation sites (tertiary alicyclic amines) is 1. The van der Waals surface area contributed by atoms with E-state index < -0.39 is 4.92 Å². The summed E-state index contributed by atoms with van der Waals surface area (Å²) >= 11 is 3.19. The van der Waals surface area contributed by atoms with Crippen molar-refractivity contribution in [2.45, 2.75) is 38.6 Å². The molecule has 0 aromatic carbocycles. The number of carbonyl (C=O) groups excluding carboxylic acids is 1. The Hall–Kier alpha value is -1.90. The SMILES string of the molecule is CCCCOC(=O)N1CCC(Nc2ncc(Br)cc2[N+](=O)[O-])CC1. The molecule has 1 aromatic rings. The average Bonchev–Trinajstić information content (AvgIpc) is 2.57. The van der Waals surface area contributed by atoms with Crippen LogP contribution < -0.4 is 5.32 Å². The van der Waals surface area contributed by atoms with Crippen molar-refractivity contribution in [3.63, 3.8) is 0 Å². The van der Waals surface area contributed by atoms with Crippen LogP contribution >= 0.6 is 15.9 Å². The highest BCUT2D eigenvalue weighted by Gasteiger charge is 2.26. The third-order valence-electron chi connectivity index (χ3n) is 3.85. The molecular formula is C15H21BrN4O4. The highest BCUT2D eigenvalue weighted by Crippen LogP contribution is 2.27. The smallest absolute Gasteiger partial charge is 0.409 e. The minimum Gasteiger partial charge on any atom is -0.449 e. The Labute approximate surface area is 148 Å². The molecule has 0 atom stereocenters. The lowest BCUT2D eigenvalue weighted by Crippen LogP contribution is -2.42. The van der Waals surface area contributed by atoms with Gasteiger partial charge in [0.05, 0.1) is 11.5 Å². The number of hydrogen-bond donors (Lipinski definition) is 1. The lowest BCUT2D eigenvalue weighted by atomic mass is 10.1. The quantitative estimate of drug-likeness (QED) is 0.445. The number of ether oxygens (including phenoxy) is 1. The van der Waals surface area contributed by atoms with Crippen LogP contribution in [0.2, 0.25) is 0 Å². The normalized spacial score (nSPS) is 15.2. The van der Waals surface area contributed by atoms with Gasteiger partial charge in [-0.15, -0.1) is 0 Å². The van der Waals surface area contributed by atoms with Crippen molar-refractivity contribution in [3.8, 4) is 0 Å². The number of rotatable bonds is 6. The number of amides is 1. The van der Waals surface area contributed by atoms with Crippen LogP contribution in [0.3, 0.4) is 0 Å². The molecule has 1 aliphatic heterocycles. The van der Waals surface area contributed by atoms with Crippen LogP contribution in [0.15, 0.2) is 16.7 Å². The van der Waals surface area contributed by atoms with Gasteiger partial charge >= 0.3 is 11.8 Å². The van der Waals surface area contributed by atoms with Gasteiger partial charge in [-0.3, -0.25) is 10.1 Å². The summed E-state index contributed by atoms with van der Waals surface area (Å²) in [5, 5.41) is 14.2. The van der Waals surface area contributed by atoms with Crippen LogP contribution in [0.25, 0.3) is 0 Å². The Bertz CT molecular complexity index is 591. The predicted octanol–water partition coefficient (Wildman–Crippen LogP) is 3.57. The van der Waals surface area contributed by atoms with Crippen LogP contribution in [0.1, 0.15) is 32.6 Å². The zero-order chi connectivity index (χ0) is 17.5. The van der Waals surface area contributed by atoms with E-state index in [9.17, 15) is 14.9 Å². The third kappa shape index (κ3) is 5.05. The second kappa shape index (κ2) is 8.81. The summed E-state index contributed by atoms with van der Waals surface area (Å²) in [4.78, 5) is 28.3. The highest BCUT2D eigenvalue weighted by molar-refractivity contribution is 9.10. The van der Waals surface area contributed by atoms with Crippen molar-refractivity contribution in [3.05, 3.63) is 26.9 Å². The zero-order valence-electron chi connectivity index (χ0n) is 13.5. The Balaban J connectivity index is 1.87. The minimum atomic E-state index is -0.458. The van der Waals surface area contributed by atoms with Gasteiger partial charge in [0.15, 0.2) is 0 Å². The average molecular weight is 401 g/mol. The van der Waals surface area contributed by atoms with Gasteiger partial charge < -0.3 is 15.0 Å². The van der Waals surface area contributed by atoms with Gasteiger partial charge in [-0.2, -0.15) is 0 Å². The number of nitro groups is 1. The fraction of sp³-hybridized carbons (Fsp3) is 0.600. The second-order valence-corrected chi connectivity index (χ2v) is 6.57. The third-order valence-corrected chi connectivity index (χ3v) is 4.28. The maximum atomic E-state index is 11.9. The molecule has 24 heavy (non-hydrogen) atoms. The lowest BCUT2D eigenvalue weighted by molar-refractivity contribution is -0.384. The molecule has 1 amide bonds. The van der Waals surface area contributed by atoms with Crippen molar-refractivity contribution in [1.82, 2.24) is 9.88 Å². The zero-order valence-corrected chi connectivity index (χ0v) is 15.1. The highest BCUT2D eigenvalue weighted by atomic mass is 79.9. The van der Waals surface area contributed by atoms with Crippen molar-refractivity contribution in [2.24, 2.45) is 0 Å². The largest absolute Gasteiger partial charge is 0.449 e. The maximum Gasteiger partial charge on any atom is 0.409 e. The minimum absolute atomic E-state index is 0.0390. The molecular weight excluding hydrogens is 380 g/mol. The molecule has 2 rings (SSSR count). The van der Waals surface area contributed by atoms with E-state index in [1.54, 1.807) is 4.90 Å². The number of piperidine rings is 1. The molecule has 0 saturated carbocycles. The van der Waals surface area contributed by atoms with Crippen LogP contribution in [0.5, 0.6) is 0 Å². The number of anilines is 1. The van der Waals surface area contributed by atoms with E-state index in [4.69, 9.17) is 4.74 Å². The van der Waals surface area contributed by atoms with E-state index in [0.29, 0.717) is 37.0 Å². The summed E-state index contributed by atoms with van der Waals surface area (Å²) in [5.74, 6) is 0.257. The number of carbonyl (C=O) groups is 1. The molecule has 1 aliphatic rings. The number of nitrogens with one attached hydrogen (secondary N) is 1. The molecule has 8 nitrogen and oxygen atoms in total. The van der Waals surface area contributed by atoms with Gasteiger partial charge in [-0.1, -0.05) is 13.3 Å². The molecule has 9 heteroatoms. The monoisotopic (exact) mass is 400 g/mol. The molecule has 1 saturated heterocycles. The molecule has 0 bridgehead atoms. The van der Waals surface area contributed by atoms with Gasteiger partial charge in [-0.25, -0.2) is 9.78 Å². The van der Waals surface area contributed by atoms with E-state index in [-0.39, 0.29) is 23.6 Å². The fourth-order valence-electron chi connectivity index (χ4n) is 2.47. The van der Waals surface area contributed by atoms with E-state index in [0.717, 1.165) is 12.8 Å². The Morgan fingerprint density at radius 2 is 2.25 bits per heavy atom. The van der Waals surface area contributed by atoms with Crippen molar-refractivity contribution >= 4 is 33.5 Å². The summed E-state index contributed by atoms with van der Waals surface area (Å²) < 4.78 is 5.76. The summed E-state index contributed by atoms with van der Waals surface area (Å²) in [6, 6.07) is 1.47. The van der Waals surface area contributed by atoms with E-state index in [1.807, 2.05) is 6.92 Å². The first-order valence-electron chi connectivity index (χ1n) is 7.99.